The third kappa shape index (κ3) is 3.44. The average Bonchev–Trinajstić information content (AvgIpc) is 3.10. The molecule has 2 amide bonds. The lowest BCUT2D eigenvalue weighted by Crippen LogP contribution is -2.35. The van der Waals surface area contributed by atoms with Crippen LogP contribution in [0.3, 0.4) is 0 Å². The van der Waals surface area contributed by atoms with Gasteiger partial charge in [-0.05, 0) is 25.7 Å². The van der Waals surface area contributed by atoms with E-state index in [1.54, 1.807) is 0 Å². The topological polar surface area (TPSA) is 178 Å². The summed E-state index contributed by atoms with van der Waals surface area (Å²) in [5.41, 5.74) is 11.4. The van der Waals surface area contributed by atoms with Gasteiger partial charge in [-0.2, -0.15) is 13.5 Å². The van der Waals surface area contributed by atoms with Crippen molar-refractivity contribution in [3.63, 3.8) is 0 Å². The molecule has 0 aromatic carbocycles. The Morgan fingerprint density at radius 3 is 2.78 bits per heavy atom. The molecule has 1 saturated carbocycles. The average molecular weight is 400 g/mol. The van der Waals surface area contributed by atoms with Crippen molar-refractivity contribution in [3.05, 3.63) is 17.5 Å². The summed E-state index contributed by atoms with van der Waals surface area (Å²) in [6, 6.07) is 0.501. The predicted molar refractivity (Wildman–Crippen MR) is 90.4 cm³/mol. The molecule has 0 radical (unpaired) electrons. The van der Waals surface area contributed by atoms with E-state index in [9.17, 15) is 13.2 Å². The number of urea groups is 1. The van der Waals surface area contributed by atoms with E-state index in [1.807, 2.05) is 6.07 Å². The van der Waals surface area contributed by atoms with Gasteiger partial charge in [0, 0.05) is 18.5 Å². The number of guanidine groups is 1. The zero-order valence-corrected chi connectivity index (χ0v) is 15.1. The number of fused-ring (bicyclic) bond motifs is 2. The molecule has 2 atom stereocenters. The van der Waals surface area contributed by atoms with Crippen molar-refractivity contribution in [2.24, 2.45) is 16.5 Å². The number of aliphatic imine (C=N–C) groups is 1. The Hall–Kier alpha value is -2.38. The summed E-state index contributed by atoms with van der Waals surface area (Å²) in [6.45, 7) is 0.289. The lowest BCUT2D eigenvalue weighted by molar-refractivity contribution is -0.0317. The second-order valence-electron chi connectivity index (χ2n) is 7.04. The molecule has 1 aromatic rings. The van der Waals surface area contributed by atoms with Gasteiger partial charge in [0.1, 0.15) is 11.5 Å². The smallest absolute Gasteiger partial charge is 0.370 e. The zero-order chi connectivity index (χ0) is 19.3. The molecule has 2 bridgehead atoms. The Balaban J connectivity index is 1.44. The number of rotatable bonds is 5. The number of hydrogen-bond donors (Lipinski definition) is 3. The predicted octanol–water partition coefficient (Wildman–Crippen LogP) is -0.130. The first-order chi connectivity index (χ1) is 12.7. The van der Waals surface area contributed by atoms with Crippen LogP contribution in [0.25, 0.3) is 0 Å². The molecule has 0 spiro atoms. The third-order valence-electron chi connectivity index (χ3n) is 5.23. The Labute approximate surface area is 155 Å². The van der Waals surface area contributed by atoms with E-state index in [-0.39, 0.29) is 30.5 Å². The lowest BCUT2D eigenvalue weighted by atomic mass is 9.79. The van der Waals surface area contributed by atoms with Gasteiger partial charge in [0.2, 0.25) is 0 Å². The Morgan fingerprint density at radius 1 is 1.37 bits per heavy atom. The number of carbonyl (C=O) groups is 1. The summed E-state index contributed by atoms with van der Waals surface area (Å²) in [4.78, 5) is 18.0. The summed E-state index contributed by atoms with van der Waals surface area (Å²) in [5.74, 6) is 0.953. The van der Waals surface area contributed by atoms with Crippen molar-refractivity contribution in [1.29, 1.82) is 0 Å². The largest absolute Gasteiger partial charge is 0.418 e. The van der Waals surface area contributed by atoms with Crippen LogP contribution in [0.4, 0.5) is 4.79 Å². The third-order valence-corrected chi connectivity index (χ3v) is 5.58. The Morgan fingerprint density at radius 2 is 2.11 bits per heavy atom. The maximum absolute atomic E-state index is 12.5. The van der Waals surface area contributed by atoms with Gasteiger partial charge in [-0.15, -0.1) is 4.28 Å². The van der Waals surface area contributed by atoms with Crippen LogP contribution in [0.15, 0.2) is 15.6 Å². The summed E-state index contributed by atoms with van der Waals surface area (Å²) in [6.07, 6.45) is 2.62. The molecular formula is C14H20N6O6S. The molecule has 2 aliphatic heterocycles. The highest BCUT2D eigenvalue weighted by Gasteiger charge is 2.48. The zero-order valence-electron chi connectivity index (χ0n) is 14.3. The van der Waals surface area contributed by atoms with Gasteiger partial charge in [-0.25, -0.2) is 4.79 Å². The van der Waals surface area contributed by atoms with Crippen LogP contribution in [0.1, 0.15) is 49.1 Å². The maximum atomic E-state index is 12.5. The first-order valence-corrected chi connectivity index (χ1v) is 9.90. The highest BCUT2D eigenvalue weighted by Crippen LogP contribution is 2.42. The molecule has 3 aliphatic rings. The summed E-state index contributed by atoms with van der Waals surface area (Å²) >= 11 is 0. The van der Waals surface area contributed by atoms with Crippen molar-refractivity contribution in [2.45, 2.75) is 49.7 Å². The standard InChI is InChI=1S/C14H20N6O6S/c15-13(16)17-8-3-7(4-8)12-5-10(18-25-12)11-2-1-9-6-19(11)14(21)20(9)26-27(22,23)24/h5,7-9,11H,1-4,6H2,(H4,15,16,17)(H,22,23,24)/t7?,8?,9-,11-/m1/s1. The lowest BCUT2D eigenvalue weighted by Gasteiger charge is -2.30. The minimum atomic E-state index is -4.76. The van der Waals surface area contributed by atoms with Gasteiger partial charge in [-0.3, -0.25) is 9.55 Å². The van der Waals surface area contributed by atoms with E-state index in [0.29, 0.717) is 29.4 Å². The monoisotopic (exact) mass is 400 g/mol. The Bertz CT molecular complexity index is 874. The van der Waals surface area contributed by atoms with E-state index in [1.165, 1.54) is 4.90 Å². The van der Waals surface area contributed by atoms with Gasteiger partial charge in [0.05, 0.1) is 18.1 Å². The van der Waals surface area contributed by atoms with Gasteiger partial charge in [0.25, 0.3) is 0 Å². The fourth-order valence-corrected chi connectivity index (χ4v) is 4.32. The van der Waals surface area contributed by atoms with Gasteiger partial charge < -0.3 is 20.9 Å². The number of piperidine rings is 1. The number of carbonyl (C=O) groups excluding carboxylic acids is 1. The fourth-order valence-electron chi connectivity index (χ4n) is 3.93. The number of hydroxylamine groups is 2. The highest BCUT2D eigenvalue weighted by atomic mass is 32.3. The quantitative estimate of drug-likeness (QED) is 0.345. The number of aromatic nitrogens is 1. The minimum absolute atomic E-state index is 0.0673. The van der Waals surface area contributed by atoms with Crippen molar-refractivity contribution >= 4 is 22.4 Å². The molecule has 4 rings (SSSR count). The second kappa shape index (κ2) is 6.35. The van der Waals surface area contributed by atoms with Crippen LogP contribution >= 0.6 is 0 Å². The molecular weight excluding hydrogens is 380 g/mol. The molecule has 13 heteroatoms. The van der Waals surface area contributed by atoms with Gasteiger partial charge >= 0.3 is 16.4 Å². The fraction of sp³-hybridized carbons (Fsp3) is 0.643. The van der Waals surface area contributed by atoms with E-state index in [4.69, 9.17) is 20.5 Å². The first kappa shape index (κ1) is 18.0. The van der Waals surface area contributed by atoms with E-state index >= 15 is 0 Å². The summed E-state index contributed by atoms with van der Waals surface area (Å²) in [5, 5.41) is 4.81. The van der Waals surface area contributed by atoms with Crippen molar-refractivity contribution in [3.8, 4) is 0 Å². The second-order valence-corrected chi connectivity index (χ2v) is 8.04. The number of nitrogens with two attached hydrogens (primary N) is 2. The minimum Gasteiger partial charge on any atom is -0.370 e. The molecule has 1 aromatic heterocycles. The molecule has 3 heterocycles. The van der Waals surface area contributed by atoms with Crippen LogP contribution in [-0.2, 0) is 14.7 Å². The van der Waals surface area contributed by atoms with E-state index < -0.39 is 22.5 Å². The van der Waals surface area contributed by atoms with Crippen LogP contribution < -0.4 is 11.5 Å². The Kier molecular flexibility index (Phi) is 4.24. The van der Waals surface area contributed by atoms with Crippen molar-refractivity contribution in [2.75, 3.05) is 6.54 Å². The molecule has 0 unspecified atom stereocenters. The van der Waals surface area contributed by atoms with Crippen LogP contribution in [0.5, 0.6) is 0 Å². The first-order valence-electron chi connectivity index (χ1n) is 8.53. The van der Waals surface area contributed by atoms with Crippen LogP contribution in [-0.4, -0.2) is 58.7 Å². The number of nitrogens with zero attached hydrogens (tertiary/aromatic N) is 4. The molecule has 2 saturated heterocycles. The molecule has 12 nitrogen and oxygen atoms in total. The highest BCUT2D eigenvalue weighted by molar-refractivity contribution is 7.80. The van der Waals surface area contributed by atoms with Gasteiger partial charge in [-0.1, -0.05) is 5.16 Å². The number of hydrogen-bond acceptors (Lipinski definition) is 7. The maximum Gasteiger partial charge on any atom is 0.418 e. The number of amides is 2. The molecule has 27 heavy (non-hydrogen) atoms. The molecule has 3 fully saturated rings. The summed E-state index contributed by atoms with van der Waals surface area (Å²) < 4.78 is 40.6. The molecule has 148 valence electrons. The molecule has 1 aliphatic carbocycles. The summed E-state index contributed by atoms with van der Waals surface area (Å²) in [7, 11) is -4.76. The van der Waals surface area contributed by atoms with E-state index in [0.717, 1.165) is 12.8 Å². The van der Waals surface area contributed by atoms with Crippen LogP contribution in [0, 0.1) is 0 Å². The molecule has 5 N–H and O–H groups in total. The van der Waals surface area contributed by atoms with E-state index in [2.05, 4.69) is 14.4 Å². The van der Waals surface area contributed by atoms with Crippen LogP contribution in [0.2, 0.25) is 0 Å². The SMILES string of the molecule is NC(N)=NC1CC(c2cc([C@H]3CC[C@@H]4CN3C(=O)N4OS(=O)(=O)O)no2)C1. The van der Waals surface area contributed by atoms with Crippen molar-refractivity contribution < 1.29 is 26.6 Å². The van der Waals surface area contributed by atoms with Gasteiger partial charge in [0.15, 0.2) is 5.96 Å². The normalized spacial score (nSPS) is 30.3. The van der Waals surface area contributed by atoms with Crippen molar-refractivity contribution in [1.82, 2.24) is 15.1 Å².